The number of likely N-dealkylation sites (N-methyl/N-ethyl adjacent to an activating group) is 1. The Kier molecular flexibility index (Phi) is 6.14. The lowest BCUT2D eigenvalue weighted by molar-refractivity contribution is -0.117. The first-order valence-corrected chi connectivity index (χ1v) is 8.95. The van der Waals surface area contributed by atoms with Gasteiger partial charge in [-0.2, -0.15) is 0 Å². The summed E-state index contributed by atoms with van der Waals surface area (Å²) >= 11 is 0. The molecular weight excluding hydrogens is 342 g/mol. The van der Waals surface area contributed by atoms with Gasteiger partial charge in [0.05, 0.1) is 14.2 Å². The van der Waals surface area contributed by atoms with Crippen molar-refractivity contribution in [3.63, 3.8) is 0 Å². The fourth-order valence-corrected chi connectivity index (χ4v) is 3.09. The van der Waals surface area contributed by atoms with Gasteiger partial charge in [0.1, 0.15) is 6.61 Å². The number of rotatable bonds is 6. The second kappa shape index (κ2) is 8.73. The van der Waals surface area contributed by atoms with Gasteiger partial charge in [0, 0.05) is 25.1 Å². The van der Waals surface area contributed by atoms with Crippen LogP contribution in [0.2, 0.25) is 0 Å². The normalized spacial score (nSPS) is 16.4. The Morgan fingerprint density at radius 2 is 1.74 bits per heavy atom. The average Bonchev–Trinajstić information content (AvgIpc) is 2.69. The number of nitrogens with zero attached hydrogens (tertiary/aromatic N) is 1. The molecule has 0 N–H and O–H groups in total. The van der Waals surface area contributed by atoms with Crippen LogP contribution in [-0.2, 0) is 11.4 Å². The molecule has 27 heavy (non-hydrogen) atoms. The van der Waals surface area contributed by atoms with Crippen LogP contribution >= 0.6 is 0 Å². The van der Waals surface area contributed by atoms with Gasteiger partial charge in [-0.15, -0.1) is 0 Å². The number of likely N-dealkylation sites (tertiary alicyclic amines) is 1. The summed E-state index contributed by atoms with van der Waals surface area (Å²) in [5.41, 5.74) is 2.71. The van der Waals surface area contributed by atoms with Crippen LogP contribution in [0.15, 0.2) is 48.0 Å². The zero-order valence-corrected chi connectivity index (χ0v) is 16.0. The van der Waals surface area contributed by atoms with Crippen molar-refractivity contribution in [2.75, 3.05) is 34.4 Å². The Bertz CT molecular complexity index is 804. The van der Waals surface area contributed by atoms with Crippen molar-refractivity contribution in [1.82, 2.24) is 4.90 Å². The van der Waals surface area contributed by atoms with Gasteiger partial charge in [0.15, 0.2) is 17.3 Å². The van der Waals surface area contributed by atoms with E-state index in [2.05, 4.69) is 4.90 Å². The molecule has 5 nitrogen and oxygen atoms in total. The summed E-state index contributed by atoms with van der Waals surface area (Å²) in [6.07, 6.45) is 2.46. The fourth-order valence-electron chi connectivity index (χ4n) is 3.09. The van der Waals surface area contributed by atoms with Crippen LogP contribution in [0.5, 0.6) is 17.2 Å². The Labute approximate surface area is 160 Å². The van der Waals surface area contributed by atoms with Crippen LogP contribution < -0.4 is 14.2 Å². The third kappa shape index (κ3) is 4.68. The Hall–Kier alpha value is -2.79. The van der Waals surface area contributed by atoms with E-state index in [1.165, 1.54) is 0 Å². The Balaban J connectivity index is 1.88. The van der Waals surface area contributed by atoms with E-state index in [1.54, 1.807) is 14.2 Å². The van der Waals surface area contributed by atoms with Crippen LogP contribution in [0.25, 0.3) is 6.08 Å². The Morgan fingerprint density at radius 1 is 1.07 bits per heavy atom. The van der Waals surface area contributed by atoms with E-state index in [0.717, 1.165) is 23.2 Å². The smallest absolute Gasteiger partial charge is 0.203 e. The standard InChI is InChI=1S/C22H25NO4/c1-23-10-9-19(24)18(14-23)11-17-12-20(25-2)22(21(13-17)26-3)27-15-16-7-5-4-6-8-16/h4-8,11-13H,9-10,14-15H2,1-3H3/b18-11+. The maximum atomic E-state index is 12.2. The van der Waals surface area contributed by atoms with Crippen molar-refractivity contribution < 1.29 is 19.0 Å². The zero-order chi connectivity index (χ0) is 19.2. The SMILES string of the molecule is COc1cc(/C=C2\CN(C)CCC2=O)cc(OC)c1OCc1ccccc1. The number of methoxy groups -OCH3 is 2. The molecule has 1 saturated heterocycles. The van der Waals surface area contributed by atoms with Crippen molar-refractivity contribution in [2.24, 2.45) is 0 Å². The lowest BCUT2D eigenvalue weighted by atomic mass is 10.0. The largest absolute Gasteiger partial charge is 0.493 e. The number of hydrogen-bond acceptors (Lipinski definition) is 5. The minimum absolute atomic E-state index is 0.190. The van der Waals surface area contributed by atoms with Crippen LogP contribution in [0.3, 0.4) is 0 Å². The van der Waals surface area contributed by atoms with Crippen molar-refractivity contribution in [3.05, 3.63) is 59.2 Å². The van der Waals surface area contributed by atoms with E-state index < -0.39 is 0 Å². The van der Waals surface area contributed by atoms with E-state index in [-0.39, 0.29) is 5.78 Å². The monoisotopic (exact) mass is 367 g/mol. The first kappa shape index (κ1) is 19.0. The molecule has 0 aromatic heterocycles. The van der Waals surface area contributed by atoms with E-state index >= 15 is 0 Å². The number of piperidine rings is 1. The molecule has 2 aromatic carbocycles. The molecule has 0 radical (unpaired) electrons. The molecule has 0 aliphatic carbocycles. The molecule has 1 heterocycles. The van der Waals surface area contributed by atoms with E-state index in [0.29, 0.717) is 36.8 Å². The van der Waals surface area contributed by atoms with Gasteiger partial charge in [-0.05, 0) is 36.4 Å². The zero-order valence-electron chi connectivity index (χ0n) is 16.0. The molecule has 0 spiro atoms. The Morgan fingerprint density at radius 3 is 2.37 bits per heavy atom. The number of Topliss-reactive ketones (excluding diaryl/α,β-unsaturated/α-hetero) is 1. The molecule has 2 aromatic rings. The van der Waals surface area contributed by atoms with Crippen molar-refractivity contribution >= 4 is 11.9 Å². The minimum atomic E-state index is 0.190. The molecule has 1 fully saturated rings. The highest BCUT2D eigenvalue weighted by molar-refractivity contribution is 6.00. The molecule has 142 valence electrons. The lowest BCUT2D eigenvalue weighted by Gasteiger charge is -2.23. The fraction of sp³-hybridized carbons (Fsp3) is 0.318. The first-order chi connectivity index (χ1) is 13.1. The highest BCUT2D eigenvalue weighted by Gasteiger charge is 2.20. The highest BCUT2D eigenvalue weighted by Crippen LogP contribution is 2.39. The van der Waals surface area contributed by atoms with Gasteiger partial charge in [0.2, 0.25) is 5.75 Å². The summed E-state index contributed by atoms with van der Waals surface area (Å²) in [7, 11) is 5.21. The second-order valence-corrected chi connectivity index (χ2v) is 6.61. The van der Waals surface area contributed by atoms with Crippen molar-refractivity contribution in [2.45, 2.75) is 13.0 Å². The van der Waals surface area contributed by atoms with Crippen molar-refractivity contribution in [3.8, 4) is 17.2 Å². The molecule has 0 saturated carbocycles. The first-order valence-electron chi connectivity index (χ1n) is 8.95. The summed E-state index contributed by atoms with van der Waals surface area (Å²) in [6.45, 7) is 1.86. The van der Waals surface area contributed by atoms with Crippen LogP contribution in [0.1, 0.15) is 17.5 Å². The number of carbonyl (C=O) groups is 1. The quantitative estimate of drug-likeness (QED) is 0.731. The highest BCUT2D eigenvalue weighted by atomic mass is 16.5. The van der Waals surface area contributed by atoms with E-state index in [1.807, 2.05) is 55.6 Å². The van der Waals surface area contributed by atoms with Crippen molar-refractivity contribution in [1.29, 1.82) is 0 Å². The predicted molar refractivity (Wildman–Crippen MR) is 105 cm³/mol. The summed E-state index contributed by atoms with van der Waals surface area (Å²) in [5.74, 6) is 1.90. The van der Waals surface area contributed by atoms with Gasteiger partial charge >= 0.3 is 0 Å². The summed E-state index contributed by atoms with van der Waals surface area (Å²) in [6, 6.07) is 13.7. The third-order valence-corrected chi connectivity index (χ3v) is 4.57. The molecule has 1 aliphatic rings. The maximum absolute atomic E-state index is 12.2. The second-order valence-electron chi connectivity index (χ2n) is 6.61. The van der Waals surface area contributed by atoms with Gasteiger partial charge in [-0.3, -0.25) is 4.79 Å². The van der Waals surface area contributed by atoms with Crippen LogP contribution in [0, 0.1) is 0 Å². The molecular formula is C22H25NO4. The molecule has 3 rings (SSSR count). The molecule has 5 heteroatoms. The molecule has 0 unspecified atom stereocenters. The number of hydrogen-bond donors (Lipinski definition) is 0. The summed E-state index contributed by atoms with van der Waals surface area (Å²) in [5, 5.41) is 0. The molecule has 0 bridgehead atoms. The number of carbonyl (C=O) groups excluding carboxylic acids is 1. The molecule has 0 atom stereocenters. The maximum Gasteiger partial charge on any atom is 0.203 e. The van der Waals surface area contributed by atoms with Gasteiger partial charge < -0.3 is 19.1 Å². The van der Waals surface area contributed by atoms with Crippen LogP contribution in [0.4, 0.5) is 0 Å². The van der Waals surface area contributed by atoms with Gasteiger partial charge in [0.25, 0.3) is 0 Å². The molecule has 1 aliphatic heterocycles. The molecule has 0 amide bonds. The minimum Gasteiger partial charge on any atom is -0.493 e. The number of ether oxygens (including phenoxy) is 3. The summed E-state index contributed by atoms with van der Waals surface area (Å²) in [4.78, 5) is 14.3. The lowest BCUT2D eigenvalue weighted by Crippen LogP contribution is -2.32. The predicted octanol–water partition coefficient (Wildman–Crippen LogP) is 3.57. The van der Waals surface area contributed by atoms with Gasteiger partial charge in [-0.1, -0.05) is 30.3 Å². The number of benzene rings is 2. The summed E-state index contributed by atoms with van der Waals surface area (Å²) < 4.78 is 17.0. The van der Waals surface area contributed by atoms with Gasteiger partial charge in [-0.25, -0.2) is 0 Å². The van der Waals surface area contributed by atoms with E-state index in [9.17, 15) is 4.79 Å². The van der Waals surface area contributed by atoms with E-state index in [4.69, 9.17) is 14.2 Å². The third-order valence-electron chi connectivity index (χ3n) is 4.57. The average molecular weight is 367 g/mol. The topological polar surface area (TPSA) is 48.0 Å². The van der Waals surface area contributed by atoms with Crippen LogP contribution in [-0.4, -0.2) is 45.0 Å². The number of ketones is 1.